The summed E-state index contributed by atoms with van der Waals surface area (Å²) in [6.07, 6.45) is 0.322. The number of aliphatic hydroxyl groups is 3. The van der Waals surface area contributed by atoms with Gasteiger partial charge in [-0.1, -0.05) is 12.2 Å². The first kappa shape index (κ1) is 18.1. The normalized spacial score (nSPS) is 27.7. The smallest absolute Gasteiger partial charge is 0.370 e. The number of aliphatic hydroxyl groups excluding tert-OH is 3. The molecule has 0 unspecified atom stereocenters. The maximum atomic E-state index is 11.4. The number of carboxylic acid groups (broad SMARTS) is 1. The Kier molecular flexibility index (Phi) is 6.54. The minimum absolute atomic E-state index is 0.390. The van der Waals surface area contributed by atoms with E-state index in [0.717, 1.165) is 0 Å². The van der Waals surface area contributed by atoms with Crippen LogP contribution in [0.4, 0.5) is 0 Å². The first-order valence-electron chi connectivity index (χ1n) is 6.80. The van der Waals surface area contributed by atoms with Crippen LogP contribution in [0.3, 0.4) is 0 Å². The van der Waals surface area contributed by atoms with Crippen molar-refractivity contribution in [3.8, 4) is 0 Å². The van der Waals surface area contributed by atoms with Crippen LogP contribution < -0.4 is 5.32 Å². The van der Waals surface area contributed by atoms with Gasteiger partial charge in [-0.3, -0.25) is 4.79 Å². The van der Waals surface area contributed by atoms with Crippen LogP contribution in [-0.4, -0.2) is 63.3 Å². The van der Waals surface area contributed by atoms with Crippen molar-refractivity contribution in [1.29, 1.82) is 0 Å². The van der Waals surface area contributed by atoms with Crippen LogP contribution in [0.1, 0.15) is 13.8 Å². The summed E-state index contributed by atoms with van der Waals surface area (Å²) in [5.74, 6) is -2.66. The van der Waals surface area contributed by atoms with E-state index in [0.29, 0.717) is 0 Å². The van der Waals surface area contributed by atoms with E-state index in [-0.39, 0.29) is 5.76 Å². The van der Waals surface area contributed by atoms with Gasteiger partial charge in [-0.2, -0.15) is 0 Å². The largest absolute Gasteiger partial charge is 0.478 e. The Balaban J connectivity index is 3.20. The summed E-state index contributed by atoms with van der Waals surface area (Å²) in [6, 6.07) is -0.784. The molecule has 5 N–H and O–H groups in total. The Bertz CT molecular complexity index is 474. The Morgan fingerprint density at radius 3 is 2.55 bits per heavy atom. The molecule has 1 aliphatic heterocycles. The average molecular weight is 315 g/mol. The van der Waals surface area contributed by atoms with Crippen molar-refractivity contribution >= 4 is 11.9 Å². The van der Waals surface area contributed by atoms with Crippen LogP contribution in [-0.2, 0) is 14.3 Å². The molecule has 0 aromatic rings. The molecule has 0 saturated carbocycles. The number of nitrogens with one attached hydrogen (secondary N) is 1. The number of carbonyl (C=O) groups is 2. The highest BCUT2D eigenvalue weighted by molar-refractivity contribution is 5.84. The van der Waals surface area contributed by atoms with Gasteiger partial charge in [0, 0.05) is 12.8 Å². The van der Waals surface area contributed by atoms with Crippen molar-refractivity contribution in [2.75, 3.05) is 6.61 Å². The van der Waals surface area contributed by atoms with Crippen molar-refractivity contribution in [1.82, 2.24) is 5.32 Å². The van der Waals surface area contributed by atoms with Crippen LogP contribution in [0.5, 0.6) is 0 Å². The molecular weight excluding hydrogens is 294 g/mol. The molecule has 22 heavy (non-hydrogen) atoms. The van der Waals surface area contributed by atoms with Crippen molar-refractivity contribution in [3.05, 3.63) is 24.0 Å². The van der Waals surface area contributed by atoms with Crippen LogP contribution >= 0.6 is 0 Å². The predicted molar refractivity (Wildman–Crippen MR) is 75.6 cm³/mol. The van der Waals surface area contributed by atoms with Gasteiger partial charge in [0.25, 0.3) is 0 Å². The van der Waals surface area contributed by atoms with Gasteiger partial charge in [0.15, 0.2) is 0 Å². The fourth-order valence-corrected chi connectivity index (χ4v) is 2.30. The summed E-state index contributed by atoms with van der Waals surface area (Å²) in [7, 11) is 0. The zero-order chi connectivity index (χ0) is 16.9. The van der Waals surface area contributed by atoms with E-state index in [1.165, 1.54) is 13.0 Å². The van der Waals surface area contributed by atoms with Gasteiger partial charge in [0.2, 0.25) is 11.7 Å². The molecule has 8 heteroatoms. The SMILES string of the molecule is C/C=C\[C@@H]1C=C(C(=O)O)O[C@@H]([C@H](O)[C@H](O)CO)[C@@H]1NC(C)=O. The van der Waals surface area contributed by atoms with Gasteiger partial charge < -0.3 is 30.5 Å². The number of hydrogen-bond acceptors (Lipinski definition) is 6. The van der Waals surface area contributed by atoms with Crippen molar-refractivity contribution < 1.29 is 34.8 Å². The van der Waals surface area contributed by atoms with E-state index < -0.39 is 48.8 Å². The monoisotopic (exact) mass is 315 g/mol. The third-order valence-corrected chi connectivity index (χ3v) is 3.29. The van der Waals surface area contributed by atoms with Crippen molar-refractivity contribution in [2.45, 2.75) is 38.2 Å². The van der Waals surface area contributed by atoms with Crippen LogP contribution in [0.2, 0.25) is 0 Å². The predicted octanol–water partition coefficient (Wildman–Crippen LogP) is -1.24. The second-order valence-electron chi connectivity index (χ2n) is 4.99. The Hall–Kier alpha value is -1.90. The van der Waals surface area contributed by atoms with E-state index in [4.69, 9.17) is 14.9 Å². The number of amides is 1. The van der Waals surface area contributed by atoms with E-state index >= 15 is 0 Å². The molecule has 0 aliphatic carbocycles. The van der Waals surface area contributed by atoms with Gasteiger partial charge in [-0.15, -0.1) is 0 Å². The van der Waals surface area contributed by atoms with E-state index in [1.807, 2.05) is 0 Å². The van der Waals surface area contributed by atoms with Gasteiger partial charge in [-0.05, 0) is 13.0 Å². The fraction of sp³-hybridized carbons (Fsp3) is 0.571. The second kappa shape index (κ2) is 7.92. The second-order valence-corrected chi connectivity index (χ2v) is 4.99. The Morgan fingerprint density at radius 1 is 1.45 bits per heavy atom. The van der Waals surface area contributed by atoms with Crippen LogP contribution in [0.25, 0.3) is 0 Å². The van der Waals surface area contributed by atoms with Crippen LogP contribution in [0.15, 0.2) is 24.0 Å². The molecule has 0 bridgehead atoms. The number of carboxylic acids is 1. The topological polar surface area (TPSA) is 136 Å². The van der Waals surface area contributed by atoms with Crippen molar-refractivity contribution in [2.24, 2.45) is 5.92 Å². The molecule has 0 saturated heterocycles. The van der Waals surface area contributed by atoms with E-state index in [9.17, 15) is 19.8 Å². The number of allylic oxidation sites excluding steroid dienone is 1. The molecule has 1 aliphatic rings. The molecule has 1 rings (SSSR count). The number of aliphatic carboxylic acids is 1. The third kappa shape index (κ3) is 4.30. The highest BCUT2D eigenvalue weighted by atomic mass is 16.5. The molecule has 0 aromatic heterocycles. The van der Waals surface area contributed by atoms with Gasteiger partial charge >= 0.3 is 5.97 Å². The summed E-state index contributed by atoms with van der Waals surface area (Å²) >= 11 is 0. The average Bonchev–Trinajstić information content (AvgIpc) is 2.46. The molecule has 0 spiro atoms. The molecular formula is C14H21NO7. The first-order valence-corrected chi connectivity index (χ1v) is 6.80. The molecule has 1 amide bonds. The Morgan fingerprint density at radius 2 is 2.09 bits per heavy atom. The standard InChI is InChI=1S/C14H21NO7/c1-3-4-8-5-10(14(20)21)22-13(11(8)15-7(2)17)12(19)9(18)6-16/h3-5,8-9,11-13,16,18-19H,6H2,1-2H3,(H,15,17)(H,20,21)/b4-3-/t8-,9-,11-,12-,13-/m1/s1. The summed E-state index contributed by atoms with van der Waals surface area (Å²) in [5.41, 5.74) is 0. The molecule has 0 aromatic carbocycles. The lowest BCUT2D eigenvalue weighted by molar-refractivity contribution is -0.146. The van der Waals surface area contributed by atoms with Gasteiger partial charge in [0.05, 0.1) is 12.6 Å². The zero-order valence-electron chi connectivity index (χ0n) is 12.3. The lowest BCUT2D eigenvalue weighted by Gasteiger charge is -2.39. The quantitative estimate of drug-likeness (QED) is 0.387. The van der Waals surface area contributed by atoms with E-state index in [1.54, 1.807) is 19.1 Å². The summed E-state index contributed by atoms with van der Waals surface area (Å²) in [5, 5.41) is 40.3. The van der Waals surface area contributed by atoms with E-state index in [2.05, 4.69) is 5.32 Å². The van der Waals surface area contributed by atoms with Crippen molar-refractivity contribution in [3.63, 3.8) is 0 Å². The van der Waals surface area contributed by atoms with Crippen LogP contribution in [0, 0.1) is 5.92 Å². The number of rotatable bonds is 6. The lowest BCUT2D eigenvalue weighted by Crippen LogP contribution is -2.57. The lowest BCUT2D eigenvalue weighted by atomic mass is 9.87. The highest BCUT2D eigenvalue weighted by Gasteiger charge is 2.42. The zero-order valence-corrected chi connectivity index (χ0v) is 12.3. The minimum atomic E-state index is -1.57. The summed E-state index contributed by atoms with van der Waals surface area (Å²) in [6.45, 7) is 2.27. The summed E-state index contributed by atoms with van der Waals surface area (Å²) < 4.78 is 5.21. The molecule has 0 fully saturated rings. The third-order valence-electron chi connectivity index (χ3n) is 3.29. The maximum Gasteiger partial charge on any atom is 0.370 e. The first-order chi connectivity index (χ1) is 10.3. The molecule has 5 atom stereocenters. The molecule has 1 heterocycles. The maximum absolute atomic E-state index is 11.4. The number of ether oxygens (including phenoxy) is 1. The number of carbonyl (C=O) groups excluding carboxylic acids is 1. The molecule has 124 valence electrons. The number of hydrogen-bond donors (Lipinski definition) is 5. The molecule has 8 nitrogen and oxygen atoms in total. The summed E-state index contributed by atoms with van der Waals surface area (Å²) in [4.78, 5) is 22.5. The van der Waals surface area contributed by atoms with Gasteiger partial charge in [0.1, 0.15) is 18.3 Å². The molecule has 0 radical (unpaired) electrons. The minimum Gasteiger partial charge on any atom is -0.478 e. The highest BCUT2D eigenvalue weighted by Crippen LogP contribution is 2.27. The fourth-order valence-electron chi connectivity index (χ4n) is 2.30. The Labute approximate surface area is 127 Å². The van der Waals surface area contributed by atoms with Gasteiger partial charge in [-0.25, -0.2) is 4.79 Å².